The maximum atomic E-state index is 9.91. The van der Waals surface area contributed by atoms with E-state index in [9.17, 15) is 5.11 Å². The number of β-amino-alcohol motifs (C(OH)–C–C–N with tert-alkyl or cyclic N) is 1. The van der Waals surface area contributed by atoms with Crippen molar-refractivity contribution in [1.29, 1.82) is 0 Å². The summed E-state index contributed by atoms with van der Waals surface area (Å²) in [6.07, 6.45) is 1.63. The maximum absolute atomic E-state index is 9.91. The molecule has 1 aliphatic rings. The summed E-state index contributed by atoms with van der Waals surface area (Å²) in [5.41, 5.74) is 1.15. The first kappa shape index (κ1) is 13.2. The van der Waals surface area contributed by atoms with Crippen LogP contribution in [-0.2, 0) is 0 Å². The summed E-state index contributed by atoms with van der Waals surface area (Å²) < 4.78 is 5.70. The van der Waals surface area contributed by atoms with Gasteiger partial charge in [0.15, 0.2) is 0 Å². The van der Waals surface area contributed by atoms with Crippen LogP contribution in [0.4, 0.5) is 5.69 Å². The highest BCUT2D eigenvalue weighted by atomic mass is 16.5. The minimum Gasteiger partial charge on any atom is -0.492 e. The van der Waals surface area contributed by atoms with E-state index in [1.807, 2.05) is 25.1 Å². The molecule has 3 heteroatoms. The smallest absolute Gasteiger partial charge is 0.142 e. The molecule has 0 aromatic heterocycles. The van der Waals surface area contributed by atoms with Gasteiger partial charge >= 0.3 is 0 Å². The highest BCUT2D eigenvalue weighted by Crippen LogP contribution is 2.37. The van der Waals surface area contributed by atoms with Crippen molar-refractivity contribution in [3.63, 3.8) is 0 Å². The summed E-state index contributed by atoms with van der Waals surface area (Å²) in [7, 11) is 0. The number of anilines is 1. The predicted molar refractivity (Wildman–Crippen MR) is 74.3 cm³/mol. The van der Waals surface area contributed by atoms with Crippen molar-refractivity contribution < 1.29 is 9.84 Å². The molecule has 0 radical (unpaired) electrons. The molecule has 1 heterocycles. The van der Waals surface area contributed by atoms with E-state index >= 15 is 0 Å². The van der Waals surface area contributed by atoms with Crippen molar-refractivity contribution in [2.45, 2.75) is 45.3 Å². The fourth-order valence-electron chi connectivity index (χ4n) is 2.59. The van der Waals surface area contributed by atoms with E-state index in [0.29, 0.717) is 13.2 Å². The number of piperidine rings is 1. The number of aliphatic hydroxyl groups excluding tert-OH is 1. The van der Waals surface area contributed by atoms with E-state index in [0.717, 1.165) is 24.3 Å². The molecule has 1 atom stereocenters. The minimum atomic E-state index is -0.243. The zero-order chi connectivity index (χ0) is 13.2. The van der Waals surface area contributed by atoms with Gasteiger partial charge in [0.1, 0.15) is 5.75 Å². The SMILES string of the molecule is CCOc1ccccc1N1CC(O)CCC1(C)C. The highest BCUT2D eigenvalue weighted by molar-refractivity contribution is 5.60. The van der Waals surface area contributed by atoms with Crippen molar-refractivity contribution >= 4 is 5.69 Å². The molecule has 0 amide bonds. The van der Waals surface area contributed by atoms with Crippen LogP contribution in [0.5, 0.6) is 5.75 Å². The van der Waals surface area contributed by atoms with E-state index in [1.165, 1.54) is 0 Å². The van der Waals surface area contributed by atoms with Crippen molar-refractivity contribution in [3.8, 4) is 5.75 Å². The molecule has 1 aromatic carbocycles. The van der Waals surface area contributed by atoms with Crippen LogP contribution >= 0.6 is 0 Å². The van der Waals surface area contributed by atoms with Crippen LogP contribution in [0, 0.1) is 0 Å². The lowest BCUT2D eigenvalue weighted by molar-refractivity contribution is 0.125. The molecule has 100 valence electrons. The Morgan fingerprint density at radius 3 is 2.83 bits per heavy atom. The highest BCUT2D eigenvalue weighted by Gasteiger charge is 2.34. The summed E-state index contributed by atoms with van der Waals surface area (Å²) in [6, 6.07) is 8.08. The van der Waals surface area contributed by atoms with E-state index in [1.54, 1.807) is 0 Å². The topological polar surface area (TPSA) is 32.7 Å². The normalized spacial score (nSPS) is 22.9. The predicted octanol–water partition coefficient (Wildman–Crippen LogP) is 2.83. The number of ether oxygens (including phenoxy) is 1. The molecule has 1 aromatic rings. The summed E-state index contributed by atoms with van der Waals surface area (Å²) in [5.74, 6) is 0.905. The van der Waals surface area contributed by atoms with Gasteiger partial charge < -0.3 is 14.7 Å². The van der Waals surface area contributed by atoms with Gasteiger partial charge in [0.05, 0.1) is 18.4 Å². The number of rotatable bonds is 3. The number of aliphatic hydroxyl groups is 1. The van der Waals surface area contributed by atoms with E-state index < -0.39 is 0 Å². The Labute approximate surface area is 109 Å². The number of hydrogen-bond acceptors (Lipinski definition) is 3. The third-order valence-electron chi connectivity index (χ3n) is 3.67. The van der Waals surface area contributed by atoms with Gasteiger partial charge in [-0.3, -0.25) is 0 Å². The minimum absolute atomic E-state index is 0.0619. The molecular formula is C15H23NO2. The fourth-order valence-corrected chi connectivity index (χ4v) is 2.59. The number of nitrogens with zero attached hydrogens (tertiary/aromatic N) is 1. The van der Waals surface area contributed by atoms with Crippen LogP contribution < -0.4 is 9.64 Å². The van der Waals surface area contributed by atoms with Gasteiger partial charge in [0.25, 0.3) is 0 Å². The average molecular weight is 249 g/mol. The Bertz CT molecular complexity index is 403. The standard InChI is InChI=1S/C15H23NO2/c1-4-18-14-8-6-5-7-13(14)16-11-12(17)9-10-15(16,2)3/h5-8,12,17H,4,9-11H2,1-3H3. The molecule has 1 N–H and O–H groups in total. The first-order valence-corrected chi connectivity index (χ1v) is 6.72. The zero-order valence-electron chi connectivity index (χ0n) is 11.5. The lowest BCUT2D eigenvalue weighted by Crippen LogP contribution is -2.52. The van der Waals surface area contributed by atoms with E-state index in [2.05, 4.69) is 24.8 Å². The number of hydrogen-bond donors (Lipinski definition) is 1. The van der Waals surface area contributed by atoms with Crippen molar-refractivity contribution in [3.05, 3.63) is 24.3 Å². The molecule has 0 saturated carbocycles. The second-order valence-corrected chi connectivity index (χ2v) is 5.52. The van der Waals surface area contributed by atoms with Crippen LogP contribution in [0.2, 0.25) is 0 Å². The summed E-state index contributed by atoms with van der Waals surface area (Å²) in [6.45, 7) is 7.78. The Kier molecular flexibility index (Phi) is 3.81. The maximum Gasteiger partial charge on any atom is 0.142 e. The third kappa shape index (κ3) is 2.61. The second kappa shape index (κ2) is 5.19. The van der Waals surface area contributed by atoms with Gasteiger partial charge in [0.2, 0.25) is 0 Å². The Morgan fingerprint density at radius 2 is 2.11 bits per heavy atom. The fraction of sp³-hybridized carbons (Fsp3) is 0.600. The molecule has 3 nitrogen and oxygen atoms in total. The quantitative estimate of drug-likeness (QED) is 0.894. The largest absolute Gasteiger partial charge is 0.492 e. The van der Waals surface area contributed by atoms with Gasteiger partial charge in [-0.2, -0.15) is 0 Å². The molecule has 1 unspecified atom stereocenters. The first-order valence-electron chi connectivity index (χ1n) is 6.72. The van der Waals surface area contributed by atoms with Crippen LogP contribution in [0.3, 0.4) is 0 Å². The second-order valence-electron chi connectivity index (χ2n) is 5.52. The molecule has 1 saturated heterocycles. The Morgan fingerprint density at radius 1 is 1.39 bits per heavy atom. The van der Waals surface area contributed by atoms with Crippen LogP contribution in [0.1, 0.15) is 33.6 Å². The molecule has 0 spiro atoms. The van der Waals surface area contributed by atoms with Crippen LogP contribution in [-0.4, -0.2) is 29.9 Å². The van der Waals surface area contributed by atoms with Crippen LogP contribution in [0.15, 0.2) is 24.3 Å². The van der Waals surface area contributed by atoms with E-state index in [-0.39, 0.29) is 11.6 Å². The summed E-state index contributed by atoms with van der Waals surface area (Å²) in [4.78, 5) is 2.27. The van der Waals surface area contributed by atoms with Gasteiger partial charge in [-0.15, -0.1) is 0 Å². The third-order valence-corrected chi connectivity index (χ3v) is 3.67. The average Bonchev–Trinajstić information content (AvgIpc) is 2.34. The molecular weight excluding hydrogens is 226 g/mol. The van der Waals surface area contributed by atoms with Crippen molar-refractivity contribution in [1.82, 2.24) is 0 Å². The van der Waals surface area contributed by atoms with Gasteiger partial charge in [-0.1, -0.05) is 12.1 Å². The molecule has 1 fully saturated rings. The number of para-hydroxylation sites is 2. The zero-order valence-corrected chi connectivity index (χ0v) is 11.5. The first-order chi connectivity index (χ1) is 8.54. The van der Waals surface area contributed by atoms with Gasteiger partial charge in [-0.25, -0.2) is 0 Å². The monoisotopic (exact) mass is 249 g/mol. The van der Waals surface area contributed by atoms with Gasteiger partial charge in [-0.05, 0) is 45.7 Å². The Hall–Kier alpha value is -1.22. The van der Waals surface area contributed by atoms with Crippen molar-refractivity contribution in [2.75, 3.05) is 18.1 Å². The molecule has 0 bridgehead atoms. The lowest BCUT2D eigenvalue weighted by atomic mass is 9.88. The Balaban J connectivity index is 2.33. The van der Waals surface area contributed by atoms with Crippen LogP contribution in [0.25, 0.3) is 0 Å². The molecule has 2 rings (SSSR count). The molecule has 18 heavy (non-hydrogen) atoms. The lowest BCUT2D eigenvalue weighted by Gasteiger charge is -2.46. The van der Waals surface area contributed by atoms with E-state index in [4.69, 9.17) is 4.74 Å². The summed E-state index contributed by atoms with van der Waals surface area (Å²) in [5, 5.41) is 9.91. The van der Waals surface area contributed by atoms with Gasteiger partial charge in [0, 0.05) is 12.1 Å². The summed E-state index contributed by atoms with van der Waals surface area (Å²) >= 11 is 0. The number of benzene rings is 1. The molecule has 0 aliphatic carbocycles. The van der Waals surface area contributed by atoms with Crippen molar-refractivity contribution in [2.24, 2.45) is 0 Å². The molecule has 1 aliphatic heterocycles.